The van der Waals surface area contributed by atoms with E-state index in [0.717, 1.165) is 6.42 Å². The largest absolute Gasteiger partial charge is 0.480 e. The molecule has 0 aromatic carbocycles. The third kappa shape index (κ3) is 4.70. The lowest BCUT2D eigenvalue weighted by atomic mass is 10.1. The number of ether oxygens (including phenoxy) is 1. The second-order valence-corrected chi connectivity index (χ2v) is 5.04. The second-order valence-electron chi connectivity index (χ2n) is 5.04. The van der Waals surface area contributed by atoms with Crippen molar-refractivity contribution in [3.8, 4) is 0 Å². The maximum absolute atomic E-state index is 12.2. The number of carbonyl (C=O) groups excluding carboxylic acids is 1. The quantitative estimate of drug-likeness (QED) is 0.821. The van der Waals surface area contributed by atoms with E-state index in [0.29, 0.717) is 25.9 Å². The Bertz CT molecular complexity index is 314. The fraction of sp³-hybridized carbons (Fsp3) is 0.846. The van der Waals surface area contributed by atoms with Gasteiger partial charge in [-0.3, -0.25) is 0 Å². The number of urea groups is 1. The molecule has 0 spiro atoms. The molecule has 0 saturated carbocycles. The number of carboxylic acids is 1. The van der Waals surface area contributed by atoms with Gasteiger partial charge in [-0.15, -0.1) is 0 Å². The Morgan fingerprint density at radius 2 is 2.00 bits per heavy atom. The summed E-state index contributed by atoms with van der Waals surface area (Å²) in [6.07, 6.45) is 2.29. The highest BCUT2D eigenvalue weighted by molar-refractivity contribution is 5.74. The van der Waals surface area contributed by atoms with E-state index in [1.807, 2.05) is 18.9 Å². The third-order valence-corrected chi connectivity index (χ3v) is 3.71. The van der Waals surface area contributed by atoms with Crippen LogP contribution in [0.2, 0.25) is 0 Å². The molecule has 1 heterocycles. The minimum absolute atomic E-state index is 0.0472. The summed E-state index contributed by atoms with van der Waals surface area (Å²) in [5.41, 5.74) is 0. The van der Waals surface area contributed by atoms with Crippen molar-refractivity contribution in [2.24, 2.45) is 0 Å². The average molecular weight is 272 g/mol. The minimum atomic E-state index is -0.949. The number of piperidine rings is 1. The van der Waals surface area contributed by atoms with Crippen LogP contribution in [0.15, 0.2) is 0 Å². The number of amides is 2. The standard InChI is InChI=1S/C13H24N2O4/c1-4-10(2)14(3)13(18)15-7-5-11(6-8-15)19-9-12(16)17/h10-11H,4-9H2,1-3H3,(H,16,17). The number of rotatable bonds is 5. The first-order chi connectivity index (χ1) is 8.95. The van der Waals surface area contributed by atoms with Gasteiger partial charge in [0.15, 0.2) is 0 Å². The number of likely N-dealkylation sites (tertiary alicyclic amines) is 1. The van der Waals surface area contributed by atoms with Gasteiger partial charge in [-0.05, 0) is 26.2 Å². The highest BCUT2D eigenvalue weighted by Crippen LogP contribution is 2.16. The number of aliphatic carboxylic acids is 1. The van der Waals surface area contributed by atoms with Crippen LogP contribution >= 0.6 is 0 Å². The zero-order valence-electron chi connectivity index (χ0n) is 12.0. The predicted molar refractivity (Wildman–Crippen MR) is 71.1 cm³/mol. The topological polar surface area (TPSA) is 70.1 Å². The molecule has 0 aromatic rings. The molecule has 1 fully saturated rings. The zero-order chi connectivity index (χ0) is 14.4. The van der Waals surface area contributed by atoms with Gasteiger partial charge in [0.1, 0.15) is 6.61 Å². The first kappa shape index (κ1) is 15.8. The van der Waals surface area contributed by atoms with Gasteiger partial charge in [0.25, 0.3) is 0 Å². The van der Waals surface area contributed by atoms with E-state index < -0.39 is 5.97 Å². The molecule has 0 bridgehead atoms. The minimum Gasteiger partial charge on any atom is -0.480 e. The Kier molecular flexibility index (Phi) is 6.08. The Hall–Kier alpha value is -1.30. The van der Waals surface area contributed by atoms with E-state index in [-0.39, 0.29) is 24.8 Å². The van der Waals surface area contributed by atoms with Crippen LogP contribution < -0.4 is 0 Å². The molecule has 1 atom stereocenters. The fourth-order valence-electron chi connectivity index (χ4n) is 2.09. The van der Waals surface area contributed by atoms with Crippen molar-refractivity contribution < 1.29 is 19.4 Å². The van der Waals surface area contributed by atoms with E-state index >= 15 is 0 Å². The van der Waals surface area contributed by atoms with Crippen molar-refractivity contribution >= 4 is 12.0 Å². The summed E-state index contributed by atoms with van der Waals surface area (Å²) < 4.78 is 5.25. The molecule has 2 amide bonds. The first-order valence-corrected chi connectivity index (χ1v) is 6.80. The third-order valence-electron chi connectivity index (χ3n) is 3.71. The summed E-state index contributed by atoms with van der Waals surface area (Å²) in [7, 11) is 1.82. The van der Waals surface area contributed by atoms with Gasteiger partial charge in [0, 0.05) is 26.2 Å². The van der Waals surface area contributed by atoms with Crippen molar-refractivity contribution in [3.05, 3.63) is 0 Å². The van der Waals surface area contributed by atoms with Crippen LogP contribution in [-0.4, -0.2) is 65.8 Å². The number of carboxylic acid groups (broad SMARTS) is 1. The fourth-order valence-corrected chi connectivity index (χ4v) is 2.09. The summed E-state index contributed by atoms with van der Waals surface area (Å²) >= 11 is 0. The first-order valence-electron chi connectivity index (χ1n) is 6.80. The Balaban J connectivity index is 2.36. The van der Waals surface area contributed by atoms with E-state index in [1.165, 1.54) is 0 Å². The van der Waals surface area contributed by atoms with Crippen LogP contribution in [0.25, 0.3) is 0 Å². The van der Waals surface area contributed by atoms with Crippen molar-refractivity contribution in [2.45, 2.75) is 45.3 Å². The Morgan fingerprint density at radius 3 is 2.47 bits per heavy atom. The van der Waals surface area contributed by atoms with Gasteiger partial charge in [0.2, 0.25) is 0 Å². The molecule has 0 radical (unpaired) electrons. The van der Waals surface area contributed by atoms with Crippen LogP contribution in [0.3, 0.4) is 0 Å². The highest BCUT2D eigenvalue weighted by Gasteiger charge is 2.26. The van der Waals surface area contributed by atoms with E-state index in [2.05, 4.69) is 6.92 Å². The lowest BCUT2D eigenvalue weighted by molar-refractivity contribution is -0.145. The number of nitrogens with zero attached hydrogens (tertiary/aromatic N) is 2. The predicted octanol–water partition coefficient (Wildman–Crippen LogP) is 1.40. The summed E-state index contributed by atoms with van der Waals surface area (Å²) in [5, 5.41) is 8.55. The number of hydrogen-bond acceptors (Lipinski definition) is 3. The average Bonchev–Trinajstić information content (AvgIpc) is 2.43. The molecule has 110 valence electrons. The lowest BCUT2D eigenvalue weighted by Gasteiger charge is -2.36. The van der Waals surface area contributed by atoms with E-state index in [9.17, 15) is 9.59 Å². The monoisotopic (exact) mass is 272 g/mol. The number of carbonyl (C=O) groups is 2. The highest BCUT2D eigenvalue weighted by atomic mass is 16.5. The summed E-state index contributed by atoms with van der Waals surface area (Å²) in [6, 6.07) is 0.277. The van der Waals surface area contributed by atoms with Gasteiger partial charge >= 0.3 is 12.0 Å². The van der Waals surface area contributed by atoms with Crippen molar-refractivity contribution in [1.29, 1.82) is 0 Å². The second kappa shape index (κ2) is 7.33. The summed E-state index contributed by atoms with van der Waals surface area (Å²) in [4.78, 5) is 26.2. The smallest absolute Gasteiger partial charge is 0.329 e. The zero-order valence-corrected chi connectivity index (χ0v) is 12.0. The molecule has 19 heavy (non-hydrogen) atoms. The lowest BCUT2D eigenvalue weighted by Crippen LogP contribution is -2.49. The molecule has 1 aliphatic rings. The molecular weight excluding hydrogens is 248 g/mol. The van der Waals surface area contributed by atoms with Gasteiger partial charge in [-0.25, -0.2) is 9.59 Å². The van der Waals surface area contributed by atoms with Crippen LogP contribution in [0.5, 0.6) is 0 Å². The molecule has 1 unspecified atom stereocenters. The maximum atomic E-state index is 12.2. The normalized spacial score (nSPS) is 18.2. The van der Waals surface area contributed by atoms with Gasteiger partial charge in [-0.2, -0.15) is 0 Å². The molecule has 1 rings (SSSR count). The SMILES string of the molecule is CCC(C)N(C)C(=O)N1CCC(OCC(=O)O)CC1. The molecule has 1 N–H and O–H groups in total. The van der Waals surface area contributed by atoms with Crippen molar-refractivity contribution in [3.63, 3.8) is 0 Å². The number of hydrogen-bond donors (Lipinski definition) is 1. The van der Waals surface area contributed by atoms with Crippen LogP contribution in [-0.2, 0) is 9.53 Å². The Labute approximate surface area is 114 Å². The molecule has 1 saturated heterocycles. The molecule has 6 nitrogen and oxygen atoms in total. The molecule has 1 aliphatic heterocycles. The molecular formula is C13H24N2O4. The maximum Gasteiger partial charge on any atom is 0.329 e. The van der Waals surface area contributed by atoms with Gasteiger partial charge in [-0.1, -0.05) is 6.92 Å². The van der Waals surface area contributed by atoms with Crippen LogP contribution in [0.4, 0.5) is 4.79 Å². The van der Waals surface area contributed by atoms with E-state index in [4.69, 9.17) is 9.84 Å². The van der Waals surface area contributed by atoms with Crippen molar-refractivity contribution in [2.75, 3.05) is 26.7 Å². The van der Waals surface area contributed by atoms with E-state index in [1.54, 1.807) is 4.90 Å². The Morgan fingerprint density at radius 1 is 1.42 bits per heavy atom. The van der Waals surface area contributed by atoms with Gasteiger partial charge in [0.05, 0.1) is 6.10 Å². The summed E-state index contributed by atoms with van der Waals surface area (Å²) in [5.74, 6) is -0.949. The van der Waals surface area contributed by atoms with Crippen LogP contribution in [0.1, 0.15) is 33.1 Å². The van der Waals surface area contributed by atoms with Crippen molar-refractivity contribution in [1.82, 2.24) is 9.80 Å². The molecule has 0 aliphatic carbocycles. The summed E-state index contributed by atoms with van der Waals surface area (Å²) in [6.45, 7) is 5.08. The van der Waals surface area contributed by atoms with Crippen LogP contribution in [0, 0.1) is 0 Å². The molecule has 0 aromatic heterocycles. The molecule has 6 heteroatoms. The van der Waals surface area contributed by atoms with Gasteiger partial charge < -0.3 is 19.6 Å².